The van der Waals surface area contributed by atoms with Gasteiger partial charge in [-0.3, -0.25) is 0 Å². The summed E-state index contributed by atoms with van der Waals surface area (Å²) in [5.74, 6) is 0. The Balaban J connectivity index is 2.51. The molecular formula is C11H10OS. The Labute approximate surface area is 81.3 Å². The van der Waals surface area contributed by atoms with Crippen molar-refractivity contribution in [3.05, 3.63) is 46.7 Å². The summed E-state index contributed by atoms with van der Waals surface area (Å²) < 4.78 is 0. The van der Waals surface area contributed by atoms with Crippen LogP contribution in [0.25, 0.3) is 11.1 Å². The SMILES string of the molecule is OCc1ccccc1-c1ccsc1. The highest BCUT2D eigenvalue weighted by Crippen LogP contribution is 2.25. The number of hydrogen-bond acceptors (Lipinski definition) is 2. The van der Waals surface area contributed by atoms with Crippen molar-refractivity contribution in [2.45, 2.75) is 6.61 Å². The van der Waals surface area contributed by atoms with Gasteiger partial charge in [-0.1, -0.05) is 24.3 Å². The van der Waals surface area contributed by atoms with Crippen LogP contribution in [0.15, 0.2) is 41.1 Å². The molecule has 1 aromatic carbocycles. The van der Waals surface area contributed by atoms with E-state index in [1.807, 2.05) is 29.6 Å². The second-order valence-corrected chi connectivity index (χ2v) is 3.61. The number of aliphatic hydroxyl groups is 1. The van der Waals surface area contributed by atoms with E-state index in [2.05, 4.69) is 11.4 Å². The molecule has 1 N–H and O–H groups in total. The van der Waals surface area contributed by atoms with Crippen LogP contribution in [0.3, 0.4) is 0 Å². The first-order valence-corrected chi connectivity index (χ1v) is 5.07. The van der Waals surface area contributed by atoms with Crippen molar-refractivity contribution < 1.29 is 5.11 Å². The van der Waals surface area contributed by atoms with Crippen LogP contribution < -0.4 is 0 Å². The summed E-state index contributed by atoms with van der Waals surface area (Å²) in [7, 11) is 0. The third kappa shape index (κ3) is 1.64. The maximum Gasteiger partial charge on any atom is 0.0687 e. The van der Waals surface area contributed by atoms with E-state index in [0.29, 0.717) is 0 Å². The summed E-state index contributed by atoms with van der Waals surface area (Å²) in [6.07, 6.45) is 0. The molecule has 66 valence electrons. The molecule has 13 heavy (non-hydrogen) atoms. The van der Waals surface area contributed by atoms with Gasteiger partial charge in [0.05, 0.1) is 6.61 Å². The van der Waals surface area contributed by atoms with Gasteiger partial charge in [-0.2, -0.15) is 11.3 Å². The molecule has 1 aromatic heterocycles. The zero-order valence-corrected chi connectivity index (χ0v) is 7.92. The Morgan fingerprint density at radius 1 is 1.15 bits per heavy atom. The fraction of sp³-hybridized carbons (Fsp3) is 0.0909. The van der Waals surface area contributed by atoms with E-state index in [4.69, 9.17) is 5.11 Å². The van der Waals surface area contributed by atoms with Gasteiger partial charge in [0, 0.05) is 0 Å². The maximum atomic E-state index is 9.12. The van der Waals surface area contributed by atoms with Crippen molar-refractivity contribution in [1.29, 1.82) is 0 Å². The average Bonchev–Trinajstić information content (AvgIpc) is 2.70. The Kier molecular flexibility index (Phi) is 2.43. The number of aliphatic hydroxyl groups excluding tert-OH is 1. The predicted octanol–water partition coefficient (Wildman–Crippen LogP) is 2.91. The van der Waals surface area contributed by atoms with Gasteiger partial charge in [-0.25, -0.2) is 0 Å². The predicted molar refractivity (Wildman–Crippen MR) is 55.7 cm³/mol. The van der Waals surface area contributed by atoms with Crippen LogP contribution in [0.4, 0.5) is 0 Å². The normalized spacial score (nSPS) is 10.2. The molecule has 0 radical (unpaired) electrons. The topological polar surface area (TPSA) is 20.2 Å². The van der Waals surface area contributed by atoms with E-state index in [0.717, 1.165) is 11.1 Å². The lowest BCUT2D eigenvalue weighted by Crippen LogP contribution is -1.86. The van der Waals surface area contributed by atoms with E-state index in [1.54, 1.807) is 11.3 Å². The first kappa shape index (κ1) is 8.48. The van der Waals surface area contributed by atoms with E-state index >= 15 is 0 Å². The Bertz CT molecular complexity index is 379. The van der Waals surface area contributed by atoms with Crippen LogP contribution in [0.1, 0.15) is 5.56 Å². The minimum atomic E-state index is 0.103. The Hall–Kier alpha value is -1.12. The molecule has 0 amide bonds. The molecule has 1 heterocycles. The molecule has 0 atom stereocenters. The molecule has 0 aliphatic rings. The molecule has 2 heteroatoms. The minimum Gasteiger partial charge on any atom is -0.392 e. The summed E-state index contributed by atoms with van der Waals surface area (Å²) >= 11 is 1.67. The first-order chi connectivity index (χ1) is 6.42. The summed E-state index contributed by atoms with van der Waals surface area (Å²) in [5.41, 5.74) is 3.31. The molecule has 0 aliphatic heterocycles. The van der Waals surface area contributed by atoms with Gasteiger partial charge in [-0.15, -0.1) is 0 Å². The minimum absolute atomic E-state index is 0.103. The molecule has 0 fully saturated rings. The fourth-order valence-corrected chi connectivity index (χ4v) is 2.01. The van der Waals surface area contributed by atoms with Crippen LogP contribution in [0.5, 0.6) is 0 Å². The molecule has 0 aliphatic carbocycles. The number of benzene rings is 1. The summed E-state index contributed by atoms with van der Waals surface area (Å²) in [6.45, 7) is 0.103. The van der Waals surface area contributed by atoms with Gasteiger partial charge < -0.3 is 5.11 Å². The van der Waals surface area contributed by atoms with Crippen LogP contribution in [0.2, 0.25) is 0 Å². The monoisotopic (exact) mass is 190 g/mol. The van der Waals surface area contributed by atoms with Crippen molar-refractivity contribution in [3.8, 4) is 11.1 Å². The zero-order valence-electron chi connectivity index (χ0n) is 7.10. The van der Waals surface area contributed by atoms with E-state index in [-0.39, 0.29) is 6.61 Å². The summed E-state index contributed by atoms with van der Waals surface area (Å²) in [5, 5.41) is 13.3. The van der Waals surface area contributed by atoms with Crippen molar-refractivity contribution >= 4 is 11.3 Å². The van der Waals surface area contributed by atoms with Crippen LogP contribution in [-0.4, -0.2) is 5.11 Å². The largest absolute Gasteiger partial charge is 0.392 e. The highest BCUT2D eigenvalue weighted by molar-refractivity contribution is 7.08. The lowest BCUT2D eigenvalue weighted by Gasteiger charge is -2.03. The highest BCUT2D eigenvalue weighted by Gasteiger charge is 2.02. The lowest BCUT2D eigenvalue weighted by molar-refractivity contribution is 0.282. The molecule has 0 saturated carbocycles. The van der Waals surface area contributed by atoms with Gasteiger partial charge in [-0.05, 0) is 33.5 Å². The van der Waals surface area contributed by atoms with Crippen LogP contribution in [-0.2, 0) is 6.61 Å². The van der Waals surface area contributed by atoms with E-state index in [9.17, 15) is 0 Å². The molecule has 0 spiro atoms. The standard InChI is InChI=1S/C11H10OS/c12-7-9-3-1-2-4-11(9)10-5-6-13-8-10/h1-6,8,12H,7H2. The highest BCUT2D eigenvalue weighted by atomic mass is 32.1. The molecule has 0 bridgehead atoms. The molecular weight excluding hydrogens is 180 g/mol. The molecule has 2 rings (SSSR count). The van der Waals surface area contributed by atoms with Gasteiger partial charge in [0.1, 0.15) is 0 Å². The van der Waals surface area contributed by atoms with E-state index < -0.39 is 0 Å². The van der Waals surface area contributed by atoms with Gasteiger partial charge in [0.2, 0.25) is 0 Å². The van der Waals surface area contributed by atoms with Crippen molar-refractivity contribution in [1.82, 2.24) is 0 Å². The van der Waals surface area contributed by atoms with Crippen molar-refractivity contribution in [2.24, 2.45) is 0 Å². The first-order valence-electron chi connectivity index (χ1n) is 4.13. The molecule has 2 aromatic rings. The van der Waals surface area contributed by atoms with Crippen molar-refractivity contribution in [3.63, 3.8) is 0 Å². The third-order valence-electron chi connectivity index (χ3n) is 2.02. The lowest BCUT2D eigenvalue weighted by atomic mass is 10.0. The molecule has 0 unspecified atom stereocenters. The zero-order chi connectivity index (χ0) is 9.10. The van der Waals surface area contributed by atoms with Crippen molar-refractivity contribution in [2.75, 3.05) is 0 Å². The van der Waals surface area contributed by atoms with E-state index in [1.165, 1.54) is 5.56 Å². The number of rotatable bonds is 2. The molecule has 0 saturated heterocycles. The quantitative estimate of drug-likeness (QED) is 0.772. The number of hydrogen-bond donors (Lipinski definition) is 1. The van der Waals surface area contributed by atoms with Crippen LogP contribution >= 0.6 is 11.3 Å². The van der Waals surface area contributed by atoms with Crippen LogP contribution in [0, 0.1) is 0 Å². The summed E-state index contributed by atoms with van der Waals surface area (Å²) in [6, 6.07) is 9.99. The fourth-order valence-electron chi connectivity index (χ4n) is 1.36. The third-order valence-corrected chi connectivity index (χ3v) is 2.70. The van der Waals surface area contributed by atoms with Gasteiger partial charge >= 0.3 is 0 Å². The second kappa shape index (κ2) is 3.73. The maximum absolute atomic E-state index is 9.12. The summed E-state index contributed by atoms with van der Waals surface area (Å²) in [4.78, 5) is 0. The van der Waals surface area contributed by atoms with Gasteiger partial charge in [0.25, 0.3) is 0 Å². The average molecular weight is 190 g/mol. The Morgan fingerprint density at radius 3 is 2.69 bits per heavy atom. The molecule has 1 nitrogen and oxygen atoms in total. The smallest absolute Gasteiger partial charge is 0.0687 e. The Morgan fingerprint density at radius 2 is 2.00 bits per heavy atom. The van der Waals surface area contributed by atoms with Gasteiger partial charge in [0.15, 0.2) is 0 Å². The number of thiophene rings is 1. The second-order valence-electron chi connectivity index (χ2n) is 2.83.